The standard InChI is InChI=1S/C14H17N3O/c1-10(11-4-3-5-12(15)8-11)17-14-7-6-13(18-2)9-16-14/h3-10H,15H2,1-2H3,(H,16,17). The summed E-state index contributed by atoms with van der Waals surface area (Å²) in [4.78, 5) is 4.27. The van der Waals surface area contributed by atoms with Gasteiger partial charge in [0.05, 0.1) is 19.3 Å². The third kappa shape index (κ3) is 2.91. The monoisotopic (exact) mass is 243 g/mol. The van der Waals surface area contributed by atoms with Gasteiger partial charge in [0.1, 0.15) is 11.6 Å². The lowest BCUT2D eigenvalue weighted by atomic mass is 10.1. The zero-order valence-corrected chi connectivity index (χ0v) is 10.6. The van der Waals surface area contributed by atoms with Crippen LogP contribution in [0.2, 0.25) is 0 Å². The maximum atomic E-state index is 5.77. The Balaban J connectivity index is 2.08. The summed E-state index contributed by atoms with van der Waals surface area (Å²) in [5.41, 5.74) is 7.67. The van der Waals surface area contributed by atoms with Crippen LogP contribution in [0.5, 0.6) is 5.75 Å². The number of nitrogen functional groups attached to an aromatic ring is 1. The number of nitrogens with two attached hydrogens (primary N) is 1. The highest BCUT2D eigenvalue weighted by Crippen LogP contribution is 2.20. The molecule has 0 radical (unpaired) electrons. The first kappa shape index (κ1) is 12.2. The number of nitrogens with one attached hydrogen (secondary N) is 1. The second-order valence-corrected chi connectivity index (χ2v) is 4.12. The molecule has 1 atom stereocenters. The van der Waals surface area contributed by atoms with Crippen molar-refractivity contribution in [2.24, 2.45) is 0 Å². The number of pyridine rings is 1. The molecule has 0 aliphatic rings. The summed E-state index contributed by atoms with van der Waals surface area (Å²) in [6.07, 6.45) is 1.69. The van der Waals surface area contributed by atoms with Crippen molar-refractivity contribution in [2.45, 2.75) is 13.0 Å². The minimum atomic E-state index is 0.148. The van der Waals surface area contributed by atoms with Crippen molar-refractivity contribution < 1.29 is 4.74 Å². The molecule has 1 unspecified atom stereocenters. The average Bonchev–Trinajstić information content (AvgIpc) is 2.39. The second-order valence-electron chi connectivity index (χ2n) is 4.12. The van der Waals surface area contributed by atoms with Crippen molar-refractivity contribution in [2.75, 3.05) is 18.2 Å². The van der Waals surface area contributed by atoms with E-state index in [0.29, 0.717) is 0 Å². The highest BCUT2D eigenvalue weighted by Gasteiger charge is 2.06. The van der Waals surface area contributed by atoms with Crippen LogP contribution >= 0.6 is 0 Å². The first-order valence-corrected chi connectivity index (χ1v) is 5.81. The number of benzene rings is 1. The Bertz CT molecular complexity index is 511. The van der Waals surface area contributed by atoms with Crippen LogP contribution in [0.4, 0.5) is 11.5 Å². The lowest BCUT2D eigenvalue weighted by Crippen LogP contribution is -2.08. The normalized spacial score (nSPS) is 11.9. The molecule has 1 aromatic carbocycles. The van der Waals surface area contributed by atoms with Crippen LogP contribution in [0.1, 0.15) is 18.5 Å². The van der Waals surface area contributed by atoms with Gasteiger partial charge in [0.25, 0.3) is 0 Å². The lowest BCUT2D eigenvalue weighted by molar-refractivity contribution is 0.413. The lowest BCUT2D eigenvalue weighted by Gasteiger charge is -2.15. The number of anilines is 2. The summed E-state index contributed by atoms with van der Waals surface area (Å²) < 4.78 is 5.07. The van der Waals surface area contributed by atoms with Crippen LogP contribution in [-0.4, -0.2) is 12.1 Å². The molecule has 94 valence electrons. The molecule has 1 aromatic heterocycles. The van der Waals surface area contributed by atoms with Crippen LogP contribution in [0.25, 0.3) is 0 Å². The molecule has 0 fully saturated rings. The van der Waals surface area contributed by atoms with Gasteiger partial charge in [-0.15, -0.1) is 0 Å². The Kier molecular flexibility index (Phi) is 3.67. The van der Waals surface area contributed by atoms with E-state index in [1.807, 2.05) is 36.4 Å². The molecule has 2 aromatic rings. The van der Waals surface area contributed by atoms with Gasteiger partial charge in [-0.2, -0.15) is 0 Å². The molecule has 1 heterocycles. The SMILES string of the molecule is COc1ccc(NC(C)c2cccc(N)c2)nc1. The van der Waals surface area contributed by atoms with Gasteiger partial charge in [-0.3, -0.25) is 0 Å². The minimum absolute atomic E-state index is 0.148. The zero-order valence-electron chi connectivity index (χ0n) is 10.6. The van der Waals surface area contributed by atoms with Crippen LogP contribution in [0.3, 0.4) is 0 Å². The molecule has 0 aliphatic heterocycles. The number of methoxy groups -OCH3 is 1. The highest BCUT2D eigenvalue weighted by molar-refractivity contribution is 5.45. The average molecular weight is 243 g/mol. The number of aromatic nitrogens is 1. The topological polar surface area (TPSA) is 60.2 Å². The molecule has 4 nitrogen and oxygen atoms in total. The van der Waals surface area contributed by atoms with Crippen LogP contribution < -0.4 is 15.8 Å². The zero-order chi connectivity index (χ0) is 13.0. The second kappa shape index (κ2) is 5.40. The van der Waals surface area contributed by atoms with E-state index >= 15 is 0 Å². The Hall–Kier alpha value is -2.23. The van der Waals surface area contributed by atoms with E-state index < -0.39 is 0 Å². The van der Waals surface area contributed by atoms with E-state index in [2.05, 4.69) is 17.2 Å². The molecule has 0 aliphatic carbocycles. The Morgan fingerprint density at radius 1 is 1.28 bits per heavy atom. The fourth-order valence-electron chi connectivity index (χ4n) is 1.72. The van der Waals surface area contributed by atoms with Crippen LogP contribution in [-0.2, 0) is 0 Å². The van der Waals surface area contributed by atoms with E-state index in [1.165, 1.54) is 0 Å². The summed E-state index contributed by atoms with van der Waals surface area (Å²) in [6, 6.07) is 11.7. The van der Waals surface area contributed by atoms with Crippen molar-refractivity contribution in [1.82, 2.24) is 4.98 Å². The third-order valence-corrected chi connectivity index (χ3v) is 2.75. The van der Waals surface area contributed by atoms with Gasteiger partial charge in [-0.05, 0) is 36.8 Å². The molecule has 0 spiro atoms. The quantitative estimate of drug-likeness (QED) is 0.811. The molecule has 4 heteroatoms. The van der Waals surface area contributed by atoms with E-state index in [-0.39, 0.29) is 6.04 Å². The smallest absolute Gasteiger partial charge is 0.137 e. The Morgan fingerprint density at radius 2 is 2.11 bits per heavy atom. The van der Waals surface area contributed by atoms with Gasteiger partial charge in [-0.1, -0.05) is 12.1 Å². The molecular weight excluding hydrogens is 226 g/mol. The van der Waals surface area contributed by atoms with E-state index in [4.69, 9.17) is 10.5 Å². The summed E-state index contributed by atoms with van der Waals surface area (Å²) in [5.74, 6) is 1.56. The Morgan fingerprint density at radius 3 is 2.72 bits per heavy atom. The first-order valence-electron chi connectivity index (χ1n) is 5.81. The predicted octanol–water partition coefficient (Wildman–Crippen LogP) is 2.85. The van der Waals surface area contributed by atoms with E-state index in [0.717, 1.165) is 22.8 Å². The summed E-state index contributed by atoms with van der Waals surface area (Å²) in [5, 5.41) is 3.31. The molecular formula is C14H17N3O. The summed E-state index contributed by atoms with van der Waals surface area (Å²) >= 11 is 0. The van der Waals surface area contributed by atoms with Gasteiger partial charge in [0.2, 0.25) is 0 Å². The molecule has 2 rings (SSSR count). The highest BCUT2D eigenvalue weighted by atomic mass is 16.5. The van der Waals surface area contributed by atoms with Gasteiger partial charge in [-0.25, -0.2) is 4.98 Å². The number of hydrogen-bond donors (Lipinski definition) is 2. The summed E-state index contributed by atoms with van der Waals surface area (Å²) in [6.45, 7) is 2.07. The predicted molar refractivity (Wildman–Crippen MR) is 73.7 cm³/mol. The van der Waals surface area contributed by atoms with Gasteiger partial charge in [0.15, 0.2) is 0 Å². The molecule has 0 amide bonds. The van der Waals surface area contributed by atoms with Gasteiger partial charge >= 0.3 is 0 Å². The van der Waals surface area contributed by atoms with Crippen LogP contribution in [0.15, 0.2) is 42.6 Å². The molecule has 0 bridgehead atoms. The van der Waals surface area contributed by atoms with Crippen molar-refractivity contribution >= 4 is 11.5 Å². The largest absolute Gasteiger partial charge is 0.495 e. The van der Waals surface area contributed by atoms with Gasteiger partial charge < -0.3 is 15.8 Å². The van der Waals surface area contributed by atoms with Crippen molar-refractivity contribution in [3.63, 3.8) is 0 Å². The van der Waals surface area contributed by atoms with Crippen LogP contribution in [0, 0.1) is 0 Å². The molecule has 3 N–H and O–H groups in total. The Labute approximate surface area is 107 Å². The van der Waals surface area contributed by atoms with Gasteiger partial charge in [0, 0.05) is 5.69 Å². The number of hydrogen-bond acceptors (Lipinski definition) is 4. The number of ether oxygens (including phenoxy) is 1. The minimum Gasteiger partial charge on any atom is -0.495 e. The fourth-order valence-corrected chi connectivity index (χ4v) is 1.72. The maximum Gasteiger partial charge on any atom is 0.137 e. The van der Waals surface area contributed by atoms with Crippen molar-refractivity contribution in [3.05, 3.63) is 48.2 Å². The fraction of sp³-hybridized carbons (Fsp3) is 0.214. The summed E-state index contributed by atoms with van der Waals surface area (Å²) in [7, 11) is 1.62. The molecule has 0 saturated carbocycles. The van der Waals surface area contributed by atoms with Crippen molar-refractivity contribution in [3.8, 4) is 5.75 Å². The number of rotatable bonds is 4. The number of nitrogens with zero attached hydrogens (tertiary/aromatic N) is 1. The molecule has 18 heavy (non-hydrogen) atoms. The maximum absolute atomic E-state index is 5.77. The first-order chi connectivity index (χ1) is 8.69. The van der Waals surface area contributed by atoms with E-state index in [1.54, 1.807) is 13.3 Å². The molecule has 0 saturated heterocycles. The third-order valence-electron chi connectivity index (χ3n) is 2.75. The van der Waals surface area contributed by atoms with E-state index in [9.17, 15) is 0 Å². The van der Waals surface area contributed by atoms with Crippen molar-refractivity contribution in [1.29, 1.82) is 0 Å².